The number of carbonyl (C=O) groups is 2. The van der Waals surface area contributed by atoms with Crippen LogP contribution in [0.25, 0.3) is 10.4 Å². The van der Waals surface area contributed by atoms with E-state index in [9.17, 15) is 14.7 Å². The molecule has 0 bridgehead atoms. The van der Waals surface area contributed by atoms with Crippen molar-refractivity contribution in [2.45, 2.75) is 32.7 Å². The van der Waals surface area contributed by atoms with Crippen LogP contribution >= 0.6 is 11.3 Å². The molecular weight excluding hydrogens is 388 g/mol. The number of thiophene rings is 1. The quantitative estimate of drug-likeness (QED) is 0.674. The number of likely N-dealkylation sites (tertiary alicyclic amines) is 1. The zero-order chi connectivity index (χ0) is 20.8. The molecule has 1 saturated heterocycles. The van der Waals surface area contributed by atoms with Gasteiger partial charge in [-0.2, -0.15) is 0 Å². The van der Waals surface area contributed by atoms with E-state index in [0.29, 0.717) is 17.1 Å². The van der Waals surface area contributed by atoms with Gasteiger partial charge in [-0.05, 0) is 50.8 Å². The van der Waals surface area contributed by atoms with Crippen molar-refractivity contribution in [1.29, 1.82) is 0 Å². The van der Waals surface area contributed by atoms with Crippen LogP contribution in [0.5, 0.6) is 0 Å². The fourth-order valence-corrected chi connectivity index (χ4v) is 4.62. The van der Waals surface area contributed by atoms with Crippen molar-refractivity contribution in [3.05, 3.63) is 42.0 Å². The lowest BCUT2D eigenvalue weighted by atomic mass is 9.97. The molecule has 1 amide bonds. The minimum absolute atomic E-state index is 0.142. The third kappa shape index (κ3) is 5.23. The van der Waals surface area contributed by atoms with Gasteiger partial charge in [0.2, 0.25) is 5.91 Å². The predicted molar refractivity (Wildman–Crippen MR) is 115 cm³/mol. The van der Waals surface area contributed by atoms with E-state index < -0.39 is 5.97 Å². The van der Waals surface area contributed by atoms with Gasteiger partial charge in [-0.15, -0.1) is 11.3 Å². The number of amides is 1. The van der Waals surface area contributed by atoms with E-state index in [1.54, 1.807) is 13.0 Å². The first-order valence-electron chi connectivity index (χ1n) is 10.1. The maximum atomic E-state index is 12.9. The molecule has 1 aliphatic heterocycles. The van der Waals surface area contributed by atoms with Gasteiger partial charge in [0.25, 0.3) is 0 Å². The minimum Gasteiger partial charge on any atom is -0.462 e. The number of aliphatic hydroxyl groups excluding tert-OH is 1. The number of hydrogen-bond donors (Lipinski definition) is 2. The number of hydrogen-bond acceptors (Lipinski definition) is 6. The zero-order valence-electron chi connectivity index (χ0n) is 16.9. The van der Waals surface area contributed by atoms with Crippen molar-refractivity contribution in [3.8, 4) is 10.4 Å². The van der Waals surface area contributed by atoms with Crippen LogP contribution in [-0.2, 0) is 9.53 Å². The second-order valence-corrected chi connectivity index (χ2v) is 8.34. The smallest absolute Gasteiger partial charge is 0.341 e. The summed E-state index contributed by atoms with van der Waals surface area (Å²) in [6.07, 6.45) is 1.95. The molecular formula is C22H28N2O4S. The second kappa shape index (κ2) is 10.0. The summed E-state index contributed by atoms with van der Waals surface area (Å²) in [7, 11) is 0. The van der Waals surface area contributed by atoms with E-state index in [0.717, 1.165) is 29.8 Å². The van der Waals surface area contributed by atoms with Crippen LogP contribution in [0, 0.1) is 5.92 Å². The standard InChI is InChI=1S/C22H28N2O4S/c1-3-28-22(27)18-12-19(17-9-5-4-6-10-17)29-21(18)23-20(26)15(2)24-11-7-8-16(13-24)14-25/h4-6,9-10,12,15-16,25H,3,7-8,11,13-14H2,1-2H3,(H,23,26). The van der Waals surface area contributed by atoms with Crippen molar-refractivity contribution in [3.63, 3.8) is 0 Å². The topological polar surface area (TPSA) is 78.9 Å². The van der Waals surface area contributed by atoms with E-state index in [2.05, 4.69) is 10.2 Å². The van der Waals surface area contributed by atoms with Crippen LogP contribution in [0.1, 0.15) is 37.0 Å². The fourth-order valence-electron chi connectivity index (χ4n) is 3.57. The highest BCUT2D eigenvalue weighted by atomic mass is 32.1. The van der Waals surface area contributed by atoms with Crippen LogP contribution in [0.15, 0.2) is 36.4 Å². The van der Waals surface area contributed by atoms with E-state index in [-0.39, 0.29) is 31.1 Å². The van der Waals surface area contributed by atoms with Gasteiger partial charge in [0.15, 0.2) is 0 Å². The molecule has 7 heteroatoms. The van der Waals surface area contributed by atoms with E-state index in [1.807, 2.05) is 37.3 Å². The molecule has 0 spiro atoms. The Balaban J connectivity index is 1.80. The number of anilines is 1. The Hall–Kier alpha value is -2.22. The van der Waals surface area contributed by atoms with Gasteiger partial charge < -0.3 is 15.2 Å². The van der Waals surface area contributed by atoms with Gasteiger partial charge in [0.1, 0.15) is 5.00 Å². The summed E-state index contributed by atoms with van der Waals surface area (Å²) < 4.78 is 5.18. The highest BCUT2D eigenvalue weighted by molar-refractivity contribution is 7.20. The van der Waals surface area contributed by atoms with E-state index in [1.165, 1.54) is 11.3 Å². The molecule has 3 rings (SSSR count). The Morgan fingerprint density at radius 2 is 2.10 bits per heavy atom. The van der Waals surface area contributed by atoms with Gasteiger partial charge in [-0.1, -0.05) is 30.3 Å². The molecule has 2 heterocycles. The average molecular weight is 417 g/mol. The third-order valence-corrected chi connectivity index (χ3v) is 6.36. The molecule has 2 aromatic rings. The normalized spacial score (nSPS) is 18.2. The molecule has 2 atom stereocenters. The summed E-state index contributed by atoms with van der Waals surface area (Å²) in [5.74, 6) is -0.386. The van der Waals surface area contributed by atoms with Crippen molar-refractivity contribution in [1.82, 2.24) is 4.90 Å². The number of rotatable bonds is 7. The first-order chi connectivity index (χ1) is 14.0. The molecule has 2 N–H and O–H groups in total. The SMILES string of the molecule is CCOC(=O)c1cc(-c2ccccc2)sc1NC(=O)C(C)N1CCCC(CO)C1. The summed E-state index contributed by atoms with van der Waals surface area (Å²) in [6, 6.07) is 11.2. The number of benzene rings is 1. The van der Waals surface area contributed by atoms with Crippen LogP contribution in [0.3, 0.4) is 0 Å². The monoisotopic (exact) mass is 416 g/mol. The Morgan fingerprint density at radius 1 is 1.34 bits per heavy atom. The number of nitrogens with zero attached hydrogens (tertiary/aromatic N) is 1. The largest absolute Gasteiger partial charge is 0.462 e. The van der Waals surface area contributed by atoms with Gasteiger partial charge >= 0.3 is 5.97 Å². The van der Waals surface area contributed by atoms with Crippen LogP contribution in [-0.4, -0.2) is 54.2 Å². The molecule has 1 aromatic heterocycles. The molecule has 0 radical (unpaired) electrons. The molecule has 1 aliphatic rings. The van der Waals surface area contributed by atoms with Crippen molar-refractivity contribution >= 4 is 28.2 Å². The maximum Gasteiger partial charge on any atom is 0.341 e. The molecule has 1 fully saturated rings. The highest BCUT2D eigenvalue weighted by Gasteiger charge is 2.28. The Labute approximate surface area is 175 Å². The summed E-state index contributed by atoms with van der Waals surface area (Å²) in [5, 5.41) is 12.9. The average Bonchev–Trinajstić information content (AvgIpc) is 3.18. The molecule has 29 heavy (non-hydrogen) atoms. The lowest BCUT2D eigenvalue weighted by molar-refractivity contribution is -0.121. The predicted octanol–water partition coefficient (Wildman–Crippen LogP) is 3.62. The Morgan fingerprint density at radius 3 is 2.79 bits per heavy atom. The number of esters is 1. The Bertz CT molecular complexity index is 837. The van der Waals surface area contributed by atoms with Crippen molar-refractivity contribution in [2.75, 3.05) is 31.6 Å². The number of aliphatic hydroxyl groups is 1. The summed E-state index contributed by atoms with van der Waals surface area (Å²) in [5.41, 5.74) is 1.36. The fraction of sp³-hybridized carbons (Fsp3) is 0.455. The minimum atomic E-state index is -0.438. The van der Waals surface area contributed by atoms with Crippen molar-refractivity contribution in [2.24, 2.45) is 5.92 Å². The maximum absolute atomic E-state index is 12.9. The van der Waals surface area contributed by atoms with Gasteiger partial charge in [0.05, 0.1) is 18.2 Å². The molecule has 2 unspecified atom stereocenters. The number of carbonyl (C=O) groups excluding carboxylic acids is 2. The molecule has 6 nitrogen and oxygen atoms in total. The molecule has 1 aromatic carbocycles. The molecule has 156 valence electrons. The molecule has 0 aliphatic carbocycles. The first-order valence-corrected chi connectivity index (χ1v) is 10.9. The van der Waals surface area contributed by atoms with Gasteiger partial charge in [0, 0.05) is 18.0 Å². The number of ether oxygens (including phenoxy) is 1. The van der Waals surface area contributed by atoms with Gasteiger partial charge in [-0.3, -0.25) is 9.69 Å². The highest BCUT2D eigenvalue weighted by Crippen LogP contribution is 2.36. The van der Waals surface area contributed by atoms with Crippen LogP contribution in [0.4, 0.5) is 5.00 Å². The van der Waals surface area contributed by atoms with Crippen LogP contribution < -0.4 is 5.32 Å². The Kier molecular flexibility index (Phi) is 7.41. The summed E-state index contributed by atoms with van der Waals surface area (Å²) >= 11 is 1.37. The third-order valence-electron chi connectivity index (χ3n) is 5.26. The van der Waals surface area contributed by atoms with Crippen LogP contribution in [0.2, 0.25) is 0 Å². The second-order valence-electron chi connectivity index (χ2n) is 7.29. The van der Waals surface area contributed by atoms with Gasteiger partial charge in [-0.25, -0.2) is 4.79 Å². The van der Waals surface area contributed by atoms with Crippen molar-refractivity contribution < 1.29 is 19.4 Å². The molecule has 0 saturated carbocycles. The summed E-state index contributed by atoms with van der Waals surface area (Å²) in [6.45, 7) is 5.57. The number of nitrogens with one attached hydrogen (secondary N) is 1. The first kappa shape index (κ1) is 21.5. The lowest BCUT2D eigenvalue weighted by Crippen LogP contribution is -2.47. The van der Waals surface area contributed by atoms with E-state index in [4.69, 9.17) is 4.74 Å². The van der Waals surface area contributed by atoms with E-state index >= 15 is 0 Å². The summed E-state index contributed by atoms with van der Waals surface area (Å²) in [4.78, 5) is 28.4. The zero-order valence-corrected chi connectivity index (χ0v) is 17.7. The number of piperidine rings is 1. The lowest BCUT2D eigenvalue weighted by Gasteiger charge is -2.35.